The van der Waals surface area contributed by atoms with Crippen molar-refractivity contribution in [2.45, 2.75) is 53.4 Å². The summed E-state index contributed by atoms with van der Waals surface area (Å²) in [5, 5.41) is 0. The van der Waals surface area contributed by atoms with Crippen LogP contribution in [-0.2, 0) is 23.8 Å². The lowest BCUT2D eigenvalue weighted by Crippen LogP contribution is -2.43. The molecule has 132 valence electrons. The van der Waals surface area contributed by atoms with Gasteiger partial charge in [0.05, 0.1) is 26.9 Å². The summed E-state index contributed by atoms with van der Waals surface area (Å²) < 4.78 is 15.3. The van der Waals surface area contributed by atoms with Crippen LogP contribution >= 0.6 is 0 Å². The standard InChI is InChI=1S/C16H27NO6/c1-15(2,3)13-17(14(20)22-7)9-11(23-13)16(4,5)8-10(18)12(19)21-6/h11,13H,8-9H2,1-7H3. The third kappa shape index (κ3) is 4.43. The predicted molar refractivity (Wildman–Crippen MR) is 82.6 cm³/mol. The van der Waals surface area contributed by atoms with Crippen LogP contribution in [0.5, 0.6) is 0 Å². The minimum atomic E-state index is -0.867. The molecule has 1 amide bonds. The van der Waals surface area contributed by atoms with Gasteiger partial charge < -0.3 is 14.2 Å². The summed E-state index contributed by atoms with van der Waals surface area (Å²) in [6, 6.07) is 0. The highest BCUT2D eigenvalue weighted by molar-refractivity contribution is 6.33. The molecule has 0 aliphatic carbocycles. The summed E-state index contributed by atoms with van der Waals surface area (Å²) in [6.45, 7) is 9.85. The molecule has 0 bridgehead atoms. The van der Waals surface area contributed by atoms with E-state index in [1.165, 1.54) is 19.1 Å². The molecule has 0 radical (unpaired) electrons. The number of amides is 1. The molecular weight excluding hydrogens is 302 g/mol. The fourth-order valence-corrected chi connectivity index (χ4v) is 2.65. The molecule has 0 N–H and O–H groups in total. The van der Waals surface area contributed by atoms with Crippen LogP contribution in [0.4, 0.5) is 4.79 Å². The SMILES string of the molecule is COC(=O)C(=O)CC(C)(C)C1CN(C(=O)OC)C(C(C)(C)C)O1. The smallest absolute Gasteiger partial charge is 0.411 e. The van der Waals surface area contributed by atoms with Crippen LogP contribution in [0.1, 0.15) is 41.0 Å². The molecule has 7 heteroatoms. The molecule has 1 saturated heterocycles. The van der Waals surface area contributed by atoms with Gasteiger partial charge in [-0.3, -0.25) is 9.69 Å². The molecule has 1 rings (SSSR count). The number of carbonyl (C=O) groups is 3. The highest BCUT2D eigenvalue weighted by Gasteiger charge is 2.48. The average molecular weight is 329 g/mol. The summed E-state index contributed by atoms with van der Waals surface area (Å²) in [7, 11) is 2.50. The number of nitrogens with zero attached hydrogens (tertiary/aromatic N) is 1. The molecule has 0 aromatic heterocycles. The lowest BCUT2D eigenvalue weighted by Gasteiger charge is -2.33. The number of hydrogen-bond donors (Lipinski definition) is 0. The highest BCUT2D eigenvalue weighted by atomic mass is 16.6. The molecule has 1 heterocycles. The van der Waals surface area contributed by atoms with Crippen molar-refractivity contribution in [2.75, 3.05) is 20.8 Å². The summed E-state index contributed by atoms with van der Waals surface area (Å²) in [6.07, 6.45) is -1.34. The van der Waals surface area contributed by atoms with Gasteiger partial charge in [0.15, 0.2) is 0 Å². The van der Waals surface area contributed by atoms with E-state index in [1.54, 1.807) is 0 Å². The fourth-order valence-electron chi connectivity index (χ4n) is 2.65. The zero-order chi connectivity index (χ0) is 18.0. The topological polar surface area (TPSA) is 82.1 Å². The monoisotopic (exact) mass is 329 g/mol. The molecule has 23 heavy (non-hydrogen) atoms. The quantitative estimate of drug-likeness (QED) is 0.579. The molecule has 1 aliphatic heterocycles. The average Bonchev–Trinajstić information content (AvgIpc) is 2.91. The summed E-state index contributed by atoms with van der Waals surface area (Å²) in [4.78, 5) is 36.7. The number of esters is 1. The third-order valence-electron chi connectivity index (χ3n) is 3.99. The van der Waals surface area contributed by atoms with E-state index in [9.17, 15) is 14.4 Å². The van der Waals surface area contributed by atoms with Crippen molar-refractivity contribution in [3.05, 3.63) is 0 Å². The normalized spacial score (nSPS) is 22.0. The van der Waals surface area contributed by atoms with E-state index in [2.05, 4.69) is 4.74 Å². The molecule has 1 aliphatic rings. The van der Waals surface area contributed by atoms with Gasteiger partial charge in [-0.05, 0) is 0 Å². The van der Waals surface area contributed by atoms with Crippen molar-refractivity contribution in [1.82, 2.24) is 4.90 Å². The van der Waals surface area contributed by atoms with Crippen molar-refractivity contribution in [3.63, 3.8) is 0 Å². The Balaban J connectivity index is 2.94. The zero-order valence-electron chi connectivity index (χ0n) is 15.0. The van der Waals surface area contributed by atoms with E-state index in [0.29, 0.717) is 6.54 Å². The van der Waals surface area contributed by atoms with Crippen molar-refractivity contribution in [3.8, 4) is 0 Å². The van der Waals surface area contributed by atoms with Crippen LogP contribution in [0.2, 0.25) is 0 Å². The second kappa shape index (κ2) is 6.86. The van der Waals surface area contributed by atoms with Gasteiger partial charge >= 0.3 is 12.1 Å². The first-order valence-corrected chi connectivity index (χ1v) is 7.55. The zero-order valence-corrected chi connectivity index (χ0v) is 15.0. The number of hydrogen-bond acceptors (Lipinski definition) is 6. The van der Waals surface area contributed by atoms with E-state index in [0.717, 1.165) is 0 Å². The Hall–Kier alpha value is -1.63. The second-order valence-corrected chi connectivity index (χ2v) is 7.55. The molecular formula is C16H27NO6. The highest BCUT2D eigenvalue weighted by Crippen LogP contribution is 2.39. The molecule has 0 spiro atoms. The Morgan fingerprint density at radius 3 is 2.09 bits per heavy atom. The number of ether oxygens (including phenoxy) is 3. The van der Waals surface area contributed by atoms with Crippen LogP contribution < -0.4 is 0 Å². The van der Waals surface area contributed by atoms with Crippen LogP contribution in [0.15, 0.2) is 0 Å². The van der Waals surface area contributed by atoms with Crippen LogP contribution in [0, 0.1) is 10.8 Å². The lowest BCUT2D eigenvalue weighted by atomic mass is 9.81. The van der Waals surface area contributed by atoms with Gasteiger partial charge in [-0.25, -0.2) is 9.59 Å². The molecule has 7 nitrogen and oxygen atoms in total. The van der Waals surface area contributed by atoms with Gasteiger partial charge in [0.2, 0.25) is 5.78 Å². The summed E-state index contributed by atoms with van der Waals surface area (Å²) >= 11 is 0. The largest absolute Gasteiger partial charge is 0.463 e. The Morgan fingerprint density at radius 2 is 1.65 bits per heavy atom. The van der Waals surface area contributed by atoms with Gasteiger partial charge in [0, 0.05) is 17.3 Å². The number of methoxy groups -OCH3 is 2. The minimum Gasteiger partial charge on any atom is -0.463 e. The van der Waals surface area contributed by atoms with Crippen LogP contribution in [-0.4, -0.2) is 55.8 Å². The second-order valence-electron chi connectivity index (χ2n) is 7.55. The maximum absolute atomic E-state index is 12.0. The maximum atomic E-state index is 12.0. The Labute approximate surface area is 137 Å². The van der Waals surface area contributed by atoms with E-state index in [-0.39, 0.29) is 17.9 Å². The van der Waals surface area contributed by atoms with Gasteiger partial charge in [-0.15, -0.1) is 0 Å². The molecule has 0 aromatic carbocycles. The van der Waals surface area contributed by atoms with Gasteiger partial charge in [-0.1, -0.05) is 34.6 Å². The summed E-state index contributed by atoms with van der Waals surface area (Å²) in [5.41, 5.74) is -0.942. The lowest BCUT2D eigenvalue weighted by molar-refractivity contribution is -0.154. The van der Waals surface area contributed by atoms with Gasteiger partial charge in [-0.2, -0.15) is 0 Å². The minimum absolute atomic E-state index is 0.0176. The van der Waals surface area contributed by atoms with Crippen molar-refractivity contribution in [1.29, 1.82) is 0 Å². The Morgan fingerprint density at radius 1 is 1.09 bits per heavy atom. The van der Waals surface area contributed by atoms with Crippen molar-refractivity contribution < 1.29 is 28.6 Å². The van der Waals surface area contributed by atoms with E-state index in [4.69, 9.17) is 9.47 Å². The Bertz CT molecular complexity index is 479. The number of rotatable bonds is 4. The van der Waals surface area contributed by atoms with Gasteiger partial charge in [0.1, 0.15) is 6.23 Å². The van der Waals surface area contributed by atoms with E-state index >= 15 is 0 Å². The first-order valence-electron chi connectivity index (χ1n) is 7.55. The number of carbonyl (C=O) groups excluding carboxylic acids is 3. The van der Waals surface area contributed by atoms with Crippen LogP contribution in [0.3, 0.4) is 0 Å². The number of ketones is 1. The van der Waals surface area contributed by atoms with Crippen LogP contribution in [0.25, 0.3) is 0 Å². The molecule has 1 fully saturated rings. The molecule has 2 atom stereocenters. The molecule has 2 unspecified atom stereocenters. The van der Waals surface area contributed by atoms with Gasteiger partial charge in [0.25, 0.3) is 0 Å². The first-order chi connectivity index (χ1) is 10.4. The Kier molecular flexibility index (Phi) is 5.79. The summed E-state index contributed by atoms with van der Waals surface area (Å²) in [5.74, 6) is -1.47. The third-order valence-corrected chi connectivity index (χ3v) is 3.99. The van der Waals surface area contributed by atoms with Crippen molar-refractivity contribution in [2.24, 2.45) is 10.8 Å². The van der Waals surface area contributed by atoms with E-state index < -0.39 is 29.5 Å². The number of Topliss-reactive ketones (excluding diaryl/α,β-unsaturated/α-hetero) is 1. The molecule has 0 aromatic rings. The maximum Gasteiger partial charge on any atom is 0.411 e. The predicted octanol–water partition coefficient (Wildman–Crippen LogP) is 1.98. The molecule has 0 saturated carbocycles. The fraction of sp³-hybridized carbons (Fsp3) is 0.812. The first kappa shape index (κ1) is 19.4. The van der Waals surface area contributed by atoms with Crippen molar-refractivity contribution >= 4 is 17.8 Å². The van der Waals surface area contributed by atoms with E-state index in [1.807, 2.05) is 34.6 Å².